The lowest BCUT2D eigenvalue weighted by Crippen LogP contribution is -2.00. The highest BCUT2D eigenvalue weighted by Crippen LogP contribution is 2.38. The van der Waals surface area contributed by atoms with Gasteiger partial charge in [0, 0.05) is 33.2 Å². The largest absolute Gasteiger partial charge is 0.309 e. The summed E-state index contributed by atoms with van der Waals surface area (Å²) in [7, 11) is 0. The molecule has 2 aromatic heterocycles. The summed E-state index contributed by atoms with van der Waals surface area (Å²) < 4.78 is 2.38. The molecule has 0 N–H and O–H groups in total. The zero-order valence-electron chi connectivity index (χ0n) is 29.9. The third-order valence-electron chi connectivity index (χ3n) is 10.3. The number of fused-ring (bicyclic) bond motifs is 3. The van der Waals surface area contributed by atoms with Gasteiger partial charge in [0.2, 0.25) is 0 Å². The molecule has 0 fully saturated rings. The Labute approximate surface area is 319 Å². The highest BCUT2D eigenvalue weighted by atomic mass is 15.0. The second-order valence-electron chi connectivity index (χ2n) is 13.7. The summed E-state index contributed by atoms with van der Waals surface area (Å²) in [6.45, 7) is 0. The Morgan fingerprint density at radius 3 is 1.11 bits per heavy atom. The molecule has 0 bridgehead atoms. The molecule has 0 saturated carbocycles. The van der Waals surface area contributed by atoms with Crippen LogP contribution in [-0.4, -0.2) is 19.5 Å². The zero-order valence-corrected chi connectivity index (χ0v) is 29.9. The van der Waals surface area contributed by atoms with Crippen molar-refractivity contribution in [1.29, 1.82) is 0 Å². The molecule has 10 rings (SSSR count). The lowest BCUT2D eigenvalue weighted by atomic mass is 9.99. The van der Waals surface area contributed by atoms with Crippen LogP contribution in [0.5, 0.6) is 0 Å². The summed E-state index contributed by atoms with van der Waals surface area (Å²) in [6, 6.07) is 72.4. The molecule has 55 heavy (non-hydrogen) atoms. The topological polar surface area (TPSA) is 43.6 Å². The van der Waals surface area contributed by atoms with Gasteiger partial charge in [-0.1, -0.05) is 164 Å². The lowest BCUT2D eigenvalue weighted by Gasteiger charge is -2.11. The van der Waals surface area contributed by atoms with Gasteiger partial charge in [0.15, 0.2) is 17.5 Å². The minimum Gasteiger partial charge on any atom is -0.309 e. The van der Waals surface area contributed by atoms with Crippen molar-refractivity contribution < 1.29 is 0 Å². The maximum Gasteiger partial charge on any atom is 0.164 e. The molecular formula is C51H34N4. The Hall–Kier alpha value is -7.43. The molecule has 0 spiro atoms. The Morgan fingerprint density at radius 1 is 0.255 bits per heavy atom. The van der Waals surface area contributed by atoms with Crippen LogP contribution in [0.2, 0.25) is 0 Å². The fourth-order valence-corrected chi connectivity index (χ4v) is 7.50. The Kier molecular flexibility index (Phi) is 8.12. The van der Waals surface area contributed by atoms with Crippen molar-refractivity contribution in [3.63, 3.8) is 0 Å². The number of aromatic nitrogens is 4. The van der Waals surface area contributed by atoms with Crippen LogP contribution in [-0.2, 0) is 0 Å². The lowest BCUT2D eigenvalue weighted by molar-refractivity contribution is 1.07. The molecular weight excluding hydrogens is 669 g/mol. The van der Waals surface area contributed by atoms with E-state index < -0.39 is 0 Å². The molecule has 258 valence electrons. The van der Waals surface area contributed by atoms with Gasteiger partial charge >= 0.3 is 0 Å². The number of hydrogen-bond donors (Lipinski definition) is 0. The van der Waals surface area contributed by atoms with Crippen LogP contribution in [0, 0.1) is 0 Å². The summed E-state index contributed by atoms with van der Waals surface area (Å²) in [5.41, 5.74) is 13.3. The molecule has 0 radical (unpaired) electrons. The number of rotatable bonds is 7. The average molecular weight is 703 g/mol. The van der Waals surface area contributed by atoms with E-state index in [-0.39, 0.29) is 0 Å². The first-order valence-electron chi connectivity index (χ1n) is 18.5. The van der Waals surface area contributed by atoms with Crippen molar-refractivity contribution in [2.75, 3.05) is 0 Å². The number of hydrogen-bond acceptors (Lipinski definition) is 3. The minimum atomic E-state index is 0.638. The maximum atomic E-state index is 5.00. The van der Waals surface area contributed by atoms with Crippen LogP contribution >= 0.6 is 0 Å². The molecule has 0 amide bonds. The quantitative estimate of drug-likeness (QED) is 0.166. The van der Waals surface area contributed by atoms with Gasteiger partial charge in [0.1, 0.15) is 0 Å². The van der Waals surface area contributed by atoms with E-state index in [9.17, 15) is 0 Å². The fourth-order valence-electron chi connectivity index (χ4n) is 7.50. The Balaban J connectivity index is 1.11. The number of nitrogens with zero attached hydrogens (tertiary/aromatic N) is 4. The third kappa shape index (κ3) is 6.16. The molecule has 4 heteroatoms. The molecule has 0 atom stereocenters. The monoisotopic (exact) mass is 702 g/mol. The Bertz CT molecular complexity index is 2880. The second kappa shape index (κ2) is 13.8. The molecule has 0 unspecified atom stereocenters. The molecule has 0 aliphatic carbocycles. The minimum absolute atomic E-state index is 0.638. The highest BCUT2D eigenvalue weighted by Gasteiger charge is 2.17. The van der Waals surface area contributed by atoms with Crippen molar-refractivity contribution in [3.05, 3.63) is 206 Å². The molecule has 10 aromatic rings. The molecule has 0 aliphatic rings. The zero-order chi connectivity index (χ0) is 36.6. The van der Waals surface area contributed by atoms with E-state index in [1.54, 1.807) is 0 Å². The fraction of sp³-hybridized carbons (Fsp3) is 0. The van der Waals surface area contributed by atoms with E-state index in [4.69, 9.17) is 15.0 Å². The summed E-state index contributed by atoms with van der Waals surface area (Å²) in [5, 5.41) is 2.40. The SMILES string of the molecule is c1ccc(-c2ccc(-n3c4ccc(-c5ccccc5)cc4c4cc(-c5cccc(-c6nc(-c7ccccc7)nc(-c7ccccc7)n6)c5)ccc43)cc2)cc1. The molecule has 2 heterocycles. The smallest absolute Gasteiger partial charge is 0.164 e. The van der Waals surface area contributed by atoms with E-state index >= 15 is 0 Å². The number of benzene rings is 8. The normalized spacial score (nSPS) is 11.3. The van der Waals surface area contributed by atoms with E-state index in [0.717, 1.165) is 39.0 Å². The first kappa shape index (κ1) is 32.2. The third-order valence-corrected chi connectivity index (χ3v) is 10.3. The van der Waals surface area contributed by atoms with Gasteiger partial charge in [-0.25, -0.2) is 15.0 Å². The van der Waals surface area contributed by atoms with Gasteiger partial charge in [-0.05, 0) is 75.8 Å². The molecule has 0 saturated heterocycles. The van der Waals surface area contributed by atoms with E-state index in [2.05, 4.69) is 150 Å². The van der Waals surface area contributed by atoms with Crippen molar-refractivity contribution >= 4 is 21.8 Å². The van der Waals surface area contributed by atoms with Crippen LogP contribution in [0.25, 0.3) is 95.0 Å². The van der Waals surface area contributed by atoms with E-state index in [1.165, 1.54) is 38.5 Å². The summed E-state index contributed by atoms with van der Waals surface area (Å²) >= 11 is 0. The van der Waals surface area contributed by atoms with Crippen molar-refractivity contribution in [2.24, 2.45) is 0 Å². The van der Waals surface area contributed by atoms with Crippen LogP contribution in [0.1, 0.15) is 0 Å². The van der Waals surface area contributed by atoms with Crippen molar-refractivity contribution in [2.45, 2.75) is 0 Å². The van der Waals surface area contributed by atoms with Crippen LogP contribution < -0.4 is 0 Å². The first-order chi connectivity index (χ1) is 27.2. The standard InChI is InChI=1S/C51H34N4/c1-5-14-35(15-6-1)37-24-28-44(29-25-37)55-47-30-26-41(36-16-7-2-8-17-36)33-45(47)46-34-42(27-31-48(46)55)40-22-13-23-43(32-40)51-53-49(38-18-9-3-10-19-38)52-50(54-51)39-20-11-4-12-21-39/h1-34H. The van der Waals surface area contributed by atoms with Crippen LogP contribution in [0.15, 0.2) is 206 Å². The van der Waals surface area contributed by atoms with Gasteiger partial charge in [-0.2, -0.15) is 0 Å². The van der Waals surface area contributed by atoms with Gasteiger partial charge in [-0.3, -0.25) is 0 Å². The van der Waals surface area contributed by atoms with Crippen molar-refractivity contribution in [1.82, 2.24) is 19.5 Å². The van der Waals surface area contributed by atoms with Crippen LogP contribution in [0.4, 0.5) is 0 Å². The molecule has 0 aliphatic heterocycles. The summed E-state index contributed by atoms with van der Waals surface area (Å²) in [4.78, 5) is 14.9. The summed E-state index contributed by atoms with van der Waals surface area (Å²) in [5.74, 6) is 1.93. The second-order valence-corrected chi connectivity index (χ2v) is 13.7. The van der Waals surface area contributed by atoms with Gasteiger partial charge in [0.25, 0.3) is 0 Å². The van der Waals surface area contributed by atoms with Crippen LogP contribution in [0.3, 0.4) is 0 Å². The first-order valence-corrected chi connectivity index (χ1v) is 18.5. The molecule has 4 nitrogen and oxygen atoms in total. The predicted molar refractivity (Wildman–Crippen MR) is 227 cm³/mol. The highest BCUT2D eigenvalue weighted by molar-refractivity contribution is 6.11. The Morgan fingerprint density at radius 2 is 0.600 bits per heavy atom. The van der Waals surface area contributed by atoms with E-state index in [1.807, 2.05) is 60.7 Å². The van der Waals surface area contributed by atoms with Gasteiger partial charge in [-0.15, -0.1) is 0 Å². The van der Waals surface area contributed by atoms with Gasteiger partial charge < -0.3 is 4.57 Å². The predicted octanol–water partition coefficient (Wildman–Crippen LogP) is 13.0. The van der Waals surface area contributed by atoms with Crippen molar-refractivity contribution in [3.8, 4) is 73.2 Å². The van der Waals surface area contributed by atoms with E-state index in [0.29, 0.717) is 17.5 Å². The summed E-state index contributed by atoms with van der Waals surface area (Å²) in [6.07, 6.45) is 0. The average Bonchev–Trinajstić information content (AvgIpc) is 3.60. The molecule has 8 aromatic carbocycles. The van der Waals surface area contributed by atoms with Gasteiger partial charge in [0.05, 0.1) is 11.0 Å². The maximum absolute atomic E-state index is 5.00.